The summed E-state index contributed by atoms with van der Waals surface area (Å²) in [5, 5.41) is 17.1. The third-order valence-corrected chi connectivity index (χ3v) is 5.72. The third-order valence-electron chi connectivity index (χ3n) is 4.80. The van der Waals surface area contributed by atoms with Crippen molar-refractivity contribution in [2.75, 3.05) is 0 Å². The van der Waals surface area contributed by atoms with Crippen molar-refractivity contribution >= 4 is 16.2 Å². The van der Waals surface area contributed by atoms with Crippen LogP contribution in [0.5, 0.6) is 0 Å². The van der Waals surface area contributed by atoms with Gasteiger partial charge in [0.1, 0.15) is 5.69 Å². The Morgan fingerprint density at radius 3 is 2.26 bits per heavy atom. The summed E-state index contributed by atoms with van der Waals surface area (Å²) >= 11 is 0. The fourth-order valence-electron chi connectivity index (χ4n) is 3.24. The van der Waals surface area contributed by atoms with Gasteiger partial charge in [-0.15, -0.1) is 5.10 Å². The van der Waals surface area contributed by atoms with Crippen LogP contribution in [0, 0.1) is 0 Å². The highest BCUT2D eigenvalue weighted by Crippen LogP contribution is 2.34. The Bertz CT molecular complexity index is 1470. The second kappa shape index (κ2) is 10.0. The van der Waals surface area contributed by atoms with Gasteiger partial charge in [0, 0.05) is 11.1 Å². The van der Waals surface area contributed by atoms with Crippen molar-refractivity contribution in [2.24, 2.45) is 5.14 Å². The summed E-state index contributed by atoms with van der Waals surface area (Å²) in [7, 11) is -3.87. The van der Waals surface area contributed by atoms with E-state index in [1.54, 1.807) is 31.3 Å². The molecule has 2 aromatic carbocycles. The highest BCUT2D eigenvalue weighted by atomic mass is 32.2. The van der Waals surface area contributed by atoms with Crippen molar-refractivity contribution in [1.82, 2.24) is 24.8 Å². The smallest absolute Gasteiger partial charge is 0.228 e. The van der Waals surface area contributed by atoms with Crippen LogP contribution in [-0.2, 0) is 32.2 Å². The number of benzene rings is 2. The molecular formula is C21H17F3N6O4S. The van der Waals surface area contributed by atoms with Gasteiger partial charge in [0.25, 0.3) is 0 Å². The molecule has 0 unspecified atom stereocenters. The van der Waals surface area contributed by atoms with E-state index in [1.165, 1.54) is 41.2 Å². The average molecular weight is 506 g/mol. The number of nitrogens with zero attached hydrogens (tertiary/aromatic N) is 5. The van der Waals surface area contributed by atoms with Crippen molar-refractivity contribution in [1.29, 1.82) is 0 Å². The third kappa shape index (κ3) is 5.69. The first-order chi connectivity index (χ1) is 16.5. The second-order valence-electron chi connectivity index (χ2n) is 7.00. The first-order valence-corrected chi connectivity index (χ1v) is 11.3. The van der Waals surface area contributed by atoms with Crippen molar-refractivity contribution in [2.45, 2.75) is 24.4 Å². The summed E-state index contributed by atoms with van der Waals surface area (Å²) in [5.74, 6) is 0. The van der Waals surface area contributed by atoms with Gasteiger partial charge in [-0.3, -0.25) is 0 Å². The Morgan fingerprint density at radius 1 is 1.06 bits per heavy atom. The number of nitrogens with two attached hydrogens (primary N) is 1. The van der Waals surface area contributed by atoms with E-state index in [0.29, 0.717) is 16.9 Å². The number of carbonyl (C=O) groups excluding carboxylic acids is 2. The molecule has 0 spiro atoms. The summed E-state index contributed by atoms with van der Waals surface area (Å²) < 4.78 is 65.9. The lowest BCUT2D eigenvalue weighted by Gasteiger charge is -2.12. The molecule has 0 amide bonds. The van der Waals surface area contributed by atoms with Crippen LogP contribution < -0.4 is 5.14 Å². The molecule has 14 heteroatoms. The topological polar surface area (TPSA) is 143 Å². The second-order valence-corrected chi connectivity index (χ2v) is 8.56. The summed E-state index contributed by atoms with van der Waals surface area (Å²) in [4.78, 5) is 16.2. The number of halogens is 3. The van der Waals surface area contributed by atoms with E-state index in [2.05, 4.69) is 15.4 Å². The normalized spacial score (nSPS) is 11.5. The number of aryl methyl sites for hydroxylation is 1. The van der Waals surface area contributed by atoms with Gasteiger partial charge in [-0.25, -0.2) is 22.9 Å². The predicted molar refractivity (Wildman–Crippen MR) is 115 cm³/mol. The molecule has 2 N–H and O–H groups in total. The zero-order chi connectivity index (χ0) is 25.8. The van der Waals surface area contributed by atoms with Gasteiger partial charge in [0.05, 0.1) is 28.7 Å². The van der Waals surface area contributed by atoms with Gasteiger partial charge in [-0.05, 0) is 42.8 Å². The van der Waals surface area contributed by atoms with E-state index >= 15 is 0 Å². The number of alkyl halides is 3. The van der Waals surface area contributed by atoms with Gasteiger partial charge in [-0.2, -0.15) is 27.9 Å². The Hall–Kier alpha value is -4.13. The molecule has 2 aromatic heterocycles. The Kier molecular flexibility index (Phi) is 7.29. The molecule has 10 nitrogen and oxygen atoms in total. The maximum Gasteiger partial charge on any atom is 0.433 e. The maximum atomic E-state index is 13.5. The van der Waals surface area contributed by atoms with E-state index in [1.807, 2.05) is 0 Å². The molecule has 0 radical (unpaired) electrons. The molecule has 0 bridgehead atoms. The molecular weight excluding hydrogens is 489 g/mol. The van der Waals surface area contributed by atoms with Crippen LogP contribution in [0.4, 0.5) is 13.2 Å². The molecule has 0 atom stereocenters. The quantitative estimate of drug-likeness (QED) is 0.438. The van der Waals surface area contributed by atoms with Crippen molar-refractivity contribution in [3.63, 3.8) is 0 Å². The van der Waals surface area contributed by atoms with E-state index in [9.17, 15) is 21.6 Å². The SMILES string of the molecule is CCc1cnn(-c2ccc(-n3cc(-c4cccc(S(N)(=O)=O)c4)nn3)cc2)c1C(F)(F)F.O=C=O. The Morgan fingerprint density at radius 2 is 1.69 bits per heavy atom. The van der Waals surface area contributed by atoms with Gasteiger partial charge >= 0.3 is 12.3 Å². The van der Waals surface area contributed by atoms with Crippen molar-refractivity contribution in [3.8, 4) is 22.6 Å². The lowest BCUT2D eigenvalue weighted by atomic mass is 10.2. The molecule has 0 aliphatic carbocycles. The van der Waals surface area contributed by atoms with Crippen LogP contribution in [0.2, 0.25) is 0 Å². The number of hydrogen-bond donors (Lipinski definition) is 1. The van der Waals surface area contributed by atoms with E-state index < -0.39 is 21.9 Å². The van der Waals surface area contributed by atoms with E-state index in [4.69, 9.17) is 14.7 Å². The van der Waals surface area contributed by atoms with Gasteiger partial charge in [0.2, 0.25) is 10.0 Å². The van der Waals surface area contributed by atoms with Gasteiger partial charge in [0.15, 0.2) is 5.69 Å². The average Bonchev–Trinajstić information content (AvgIpc) is 3.47. The molecule has 182 valence electrons. The van der Waals surface area contributed by atoms with Crippen LogP contribution >= 0.6 is 0 Å². The maximum absolute atomic E-state index is 13.5. The fraction of sp³-hybridized carbons (Fsp3) is 0.143. The molecule has 0 saturated carbocycles. The summed E-state index contributed by atoms with van der Waals surface area (Å²) in [6, 6.07) is 12.1. The zero-order valence-corrected chi connectivity index (χ0v) is 18.8. The molecule has 0 saturated heterocycles. The minimum atomic E-state index is -4.53. The summed E-state index contributed by atoms with van der Waals surface area (Å²) in [5.41, 5.74) is 1.01. The standard InChI is InChI=1S/C20H17F3N6O2S.CO2/c1-2-13-11-25-29(19(13)20(21,22)23)16-8-6-15(7-9-16)28-12-18(26-27-28)14-4-3-5-17(10-14)32(24,30)31;2-1-3/h3-12H,2H2,1H3,(H2,24,30,31);. The molecule has 2 heterocycles. The highest BCUT2D eigenvalue weighted by Gasteiger charge is 2.38. The Labute approximate surface area is 196 Å². The van der Waals surface area contributed by atoms with E-state index in [0.717, 1.165) is 4.68 Å². The fourth-order valence-corrected chi connectivity index (χ4v) is 3.80. The van der Waals surface area contributed by atoms with E-state index in [-0.39, 0.29) is 28.7 Å². The molecule has 4 aromatic rings. The predicted octanol–water partition coefficient (Wildman–Crippen LogP) is 2.77. The number of hydrogen-bond acceptors (Lipinski definition) is 7. The lowest BCUT2D eigenvalue weighted by molar-refractivity contribution is -0.191. The first kappa shape index (κ1) is 25.5. The number of aromatic nitrogens is 5. The van der Waals surface area contributed by atoms with Gasteiger partial charge < -0.3 is 0 Å². The van der Waals surface area contributed by atoms with Crippen LogP contribution in [0.15, 0.2) is 65.8 Å². The minimum absolute atomic E-state index is 0.0555. The molecule has 4 rings (SSSR count). The van der Waals surface area contributed by atoms with Crippen molar-refractivity contribution < 1.29 is 31.2 Å². The molecule has 0 fully saturated rings. The van der Waals surface area contributed by atoms with Crippen LogP contribution in [-0.4, -0.2) is 39.3 Å². The van der Waals surface area contributed by atoms with Crippen molar-refractivity contribution in [3.05, 3.63) is 72.2 Å². The van der Waals surface area contributed by atoms with Crippen LogP contribution in [0.3, 0.4) is 0 Å². The highest BCUT2D eigenvalue weighted by molar-refractivity contribution is 7.89. The summed E-state index contributed by atoms with van der Waals surface area (Å²) in [6.45, 7) is 1.64. The zero-order valence-electron chi connectivity index (χ0n) is 18.0. The molecule has 0 aliphatic heterocycles. The largest absolute Gasteiger partial charge is 0.433 e. The van der Waals surface area contributed by atoms with Crippen LogP contribution in [0.1, 0.15) is 18.2 Å². The van der Waals surface area contributed by atoms with Gasteiger partial charge in [-0.1, -0.05) is 24.3 Å². The number of primary sulfonamides is 1. The minimum Gasteiger partial charge on any atom is -0.228 e. The van der Waals surface area contributed by atoms with Crippen LogP contribution in [0.25, 0.3) is 22.6 Å². The number of rotatable bonds is 5. The first-order valence-electron chi connectivity index (χ1n) is 9.79. The monoisotopic (exact) mass is 506 g/mol. The Balaban J connectivity index is 0.00000108. The number of sulfonamides is 1. The summed E-state index contributed by atoms with van der Waals surface area (Å²) in [6.07, 6.45) is -1.29. The lowest BCUT2D eigenvalue weighted by Crippen LogP contribution is -2.15. The molecule has 35 heavy (non-hydrogen) atoms. The molecule has 0 aliphatic rings.